The molecule has 4 heteroatoms. The van der Waals surface area contributed by atoms with Crippen molar-refractivity contribution in [1.82, 2.24) is 0 Å². The van der Waals surface area contributed by atoms with Crippen LogP contribution in [0.25, 0.3) is 0 Å². The van der Waals surface area contributed by atoms with Crippen molar-refractivity contribution in [3.8, 4) is 0 Å². The Bertz CT molecular complexity index is 698. The number of nitrogens with two attached hydrogens (primary N) is 1. The molecular weight excluding hydrogens is 280 g/mol. The largest absolute Gasteiger partial charge is 0.399 e. The quantitative estimate of drug-likeness (QED) is 0.820. The highest BCUT2D eigenvalue weighted by Crippen LogP contribution is 2.34. The Balaban J connectivity index is 1.70. The van der Waals surface area contributed by atoms with Gasteiger partial charge in [0.2, 0.25) is 0 Å². The van der Waals surface area contributed by atoms with Gasteiger partial charge in [0.05, 0.1) is 4.88 Å². The molecule has 1 amide bonds. The van der Waals surface area contributed by atoms with Crippen molar-refractivity contribution >= 4 is 28.6 Å². The molecule has 0 saturated carbocycles. The SMILES string of the molecule is Nc1ccc2c(c1)N(C(=O)c1cc3c(s1)CCC3)CCC2. The van der Waals surface area contributed by atoms with Crippen molar-refractivity contribution in [3.63, 3.8) is 0 Å². The monoisotopic (exact) mass is 298 g/mol. The lowest BCUT2D eigenvalue weighted by Crippen LogP contribution is -2.35. The maximum Gasteiger partial charge on any atom is 0.268 e. The van der Waals surface area contributed by atoms with Gasteiger partial charge >= 0.3 is 0 Å². The molecule has 2 heterocycles. The molecule has 0 radical (unpaired) electrons. The molecule has 1 aliphatic carbocycles. The Hall–Kier alpha value is -1.81. The number of anilines is 2. The normalized spacial score (nSPS) is 16.7. The van der Waals surface area contributed by atoms with E-state index in [4.69, 9.17) is 5.73 Å². The molecule has 2 aliphatic rings. The summed E-state index contributed by atoms with van der Waals surface area (Å²) in [6.07, 6.45) is 5.55. The first-order valence-corrected chi connectivity index (χ1v) is 8.36. The van der Waals surface area contributed by atoms with E-state index >= 15 is 0 Å². The van der Waals surface area contributed by atoms with Crippen LogP contribution in [0.2, 0.25) is 0 Å². The van der Waals surface area contributed by atoms with Crippen LogP contribution in [0.5, 0.6) is 0 Å². The summed E-state index contributed by atoms with van der Waals surface area (Å²) in [4.78, 5) is 17.1. The van der Waals surface area contributed by atoms with E-state index in [1.165, 1.54) is 22.4 Å². The van der Waals surface area contributed by atoms with Crippen LogP contribution >= 0.6 is 11.3 Å². The topological polar surface area (TPSA) is 46.3 Å². The van der Waals surface area contributed by atoms with Crippen LogP contribution in [0, 0.1) is 0 Å². The van der Waals surface area contributed by atoms with Gasteiger partial charge in [0, 0.05) is 22.8 Å². The highest BCUT2D eigenvalue weighted by Gasteiger charge is 2.26. The Morgan fingerprint density at radius 3 is 2.81 bits per heavy atom. The van der Waals surface area contributed by atoms with Gasteiger partial charge in [-0.15, -0.1) is 11.3 Å². The van der Waals surface area contributed by atoms with Crippen molar-refractivity contribution in [3.05, 3.63) is 45.1 Å². The lowest BCUT2D eigenvalue weighted by molar-refractivity contribution is 0.0989. The Morgan fingerprint density at radius 1 is 1.10 bits per heavy atom. The Labute approximate surface area is 128 Å². The van der Waals surface area contributed by atoms with Crippen LogP contribution in [-0.4, -0.2) is 12.5 Å². The van der Waals surface area contributed by atoms with Gasteiger partial charge in [0.1, 0.15) is 0 Å². The lowest BCUT2D eigenvalue weighted by Gasteiger charge is -2.29. The fourth-order valence-corrected chi connectivity index (χ4v) is 4.57. The highest BCUT2D eigenvalue weighted by molar-refractivity contribution is 7.14. The minimum atomic E-state index is 0.140. The summed E-state index contributed by atoms with van der Waals surface area (Å²) in [6, 6.07) is 8.02. The van der Waals surface area contributed by atoms with Crippen molar-refractivity contribution in [2.45, 2.75) is 32.1 Å². The van der Waals surface area contributed by atoms with Crippen LogP contribution in [0.4, 0.5) is 11.4 Å². The van der Waals surface area contributed by atoms with Gasteiger partial charge in [0.25, 0.3) is 5.91 Å². The first-order valence-electron chi connectivity index (χ1n) is 7.54. The molecule has 0 saturated heterocycles. The van der Waals surface area contributed by atoms with E-state index in [2.05, 4.69) is 12.1 Å². The number of amides is 1. The average molecular weight is 298 g/mol. The second-order valence-corrected chi connectivity index (χ2v) is 7.00. The summed E-state index contributed by atoms with van der Waals surface area (Å²) >= 11 is 1.68. The standard InChI is InChI=1S/C17H18N2OS/c18-13-7-6-11-4-2-8-19(14(11)10-13)17(20)16-9-12-3-1-5-15(12)21-16/h6-7,9-10H,1-5,8,18H2. The highest BCUT2D eigenvalue weighted by atomic mass is 32.1. The van der Waals surface area contributed by atoms with Gasteiger partial charge in [-0.25, -0.2) is 0 Å². The number of nitrogen functional groups attached to an aromatic ring is 1. The summed E-state index contributed by atoms with van der Waals surface area (Å²) in [7, 11) is 0. The van der Waals surface area contributed by atoms with E-state index in [0.29, 0.717) is 0 Å². The molecule has 4 rings (SSSR count). The minimum Gasteiger partial charge on any atom is -0.399 e. The van der Waals surface area contributed by atoms with Gasteiger partial charge in [0.15, 0.2) is 0 Å². The number of fused-ring (bicyclic) bond motifs is 2. The predicted octanol–water partition coefficient (Wildman–Crippen LogP) is 3.41. The zero-order valence-corrected chi connectivity index (χ0v) is 12.7. The van der Waals surface area contributed by atoms with Gasteiger partial charge in [-0.1, -0.05) is 6.07 Å². The van der Waals surface area contributed by atoms with E-state index in [-0.39, 0.29) is 5.91 Å². The van der Waals surface area contributed by atoms with E-state index in [0.717, 1.165) is 48.5 Å². The summed E-state index contributed by atoms with van der Waals surface area (Å²) in [6.45, 7) is 0.790. The zero-order chi connectivity index (χ0) is 14.4. The molecule has 1 aromatic heterocycles. The Kier molecular flexibility index (Phi) is 3.00. The molecule has 0 unspecified atom stereocenters. The van der Waals surface area contributed by atoms with E-state index in [9.17, 15) is 4.79 Å². The fraction of sp³-hybridized carbons (Fsp3) is 0.353. The first kappa shape index (κ1) is 12.9. The molecule has 0 spiro atoms. The smallest absolute Gasteiger partial charge is 0.268 e. The number of nitrogens with zero attached hydrogens (tertiary/aromatic N) is 1. The summed E-state index contributed by atoms with van der Waals surface area (Å²) in [5.74, 6) is 0.140. The summed E-state index contributed by atoms with van der Waals surface area (Å²) < 4.78 is 0. The molecule has 2 aromatic rings. The number of hydrogen-bond acceptors (Lipinski definition) is 3. The third-order valence-electron chi connectivity index (χ3n) is 4.43. The second-order valence-electron chi connectivity index (χ2n) is 5.86. The van der Waals surface area contributed by atoms with E-state index in [1.54, 1.807) is 11.3 Å². The van der Waals surface area contributed by atoms with Crippen LogP contribution < -0.4 is 10.6 Å². The van der Waals surface area contributed by atoms with Gasteiger partial charge in [-0.2, -0.15) is 0 Å². The number of carbonyl (C=O) groups excluding carboxylic acids is 1. The van der Waals surface area contributed by atoms with E-state index in [1.807, 2.05) is 17.0 Å². The lowest BCUT2D eigenvalue weighted by atomic mass is 10.0. The number of aryl methyl sites for hydroxylation is 3. The number of thiophene rings is 1. The molecule has 0 atom stereocenters. The molecule has 1 aromatic carbocycles. The van der Waals surface area contributed by atoms with Gasteiger partial charge < -0.3 is 10.6 Å². The van der Waals surface area contributed by atoms with Crippen LogP contribution in [-0.2, 0) is 19.3 Å². The molecule has 21 heavy (non-hydrogen) atoms. The van der Waals surface area contributed by atoms with E-state index < -0.39 is 0 Å². The fourth-order valence-electron chi connectivity index (χ4n) is 3.37. The number of hydrogen-bond donors (Lipinski definition) is 1. The maximum absolute atomic E-state index is 12.9. The second kappa shape index (κ2) is 4.88. The van der Waals surface area contributed by atoms with Gasteiger partial charge in [-0.05, 0) is 61.4 Å². The van der Waals surface area contributed by atoms with Crippen LogP contribution in [0.3, 0.4) is 0 Å². The molecule has 1 aliphatic heterocycles. The first-order chi connectivity index (χ1) is 10.2. The number of carbonyl (C=O) groups is 1. The molecule has 108 valence electrons. The van der Waals surface area contributed by atoms with Crippen LogP contribution in [0.1, 0.15) is 38.5 Å². The summed E-state index contributed by atoms with van der Waals surface area (Å²) in [5, 5.41) is 0. The third-order valence-corrected chi connectivity index (χ3v) is 5.66. The summed E-state index contributed by atoms with van der Waals surface area (Å²) in [5.41, 5.74) is 10.2. The number of rotatable bonds is 1. The predicted molar refractivity (Wildman–Crippen MR) is 87.2 cm³/mol. The molecule has 0 bridgehead atoms. The number of benzene rings is 1. The average Bonchev–Trinajstić information content (AvgIpc) is 3.07. The Morgan fingerprint density at radius 2 is 1.95 bits per heavy atom. The molecule has 3 nitrogen and oxygen atoms in total. The van der Waals surface area contributed by atoms with Crippen molar-refractivity contribution in [2.75, 3.05) is 17.2 Å². The van der Waals surface area contributed by atoms with Crippen molar-refractivity contribution in [1.29, 1.82) is 0 Å². The molecular formula is C17H18N2OS. The zero-order valence-electron chi connectivity index (χ0n) is 11.9. The van der Waals surface area contributed by atoms with Crippen molar-refractivity contribution in [2.24, 2.45) is 0 Å². The minimum absolute atomic E-state index is 0.140. The molecule has 0 fully saturated rings. The van der Waals surface area contributed by atoms with Crippen molar-refractivity contribution < 1.29 is 4.79 Å². The molecule has 2 N–H and O–H groups in total. The maximum atomic E-state index is 12.9. The van der Waals surface area contributed by atoms with Crippen LogP contribution in [0.15, 0.2) is 24.3 Å². The van der Waals surface area contributed by atoms with Gasteiger partial charge in [-0.3, -0.25) is 4.79 Å². The third kappa shape index (κ3) is 2.14.